The third kappa shape index (κ3) is 3.67. The van der Waals surface area contributed by atoms with Gasteiger partial charge in [-0.1, -0.05) is 0 Å². The van der Waals surface area contributed by atoms with E-state index in [-0.39, 0.29) is 41.1 Å². The smallest absolute Gasteiger partial charge is 0.265 e. The molecule has 4 aromatic rings. The Balaban J connectivity index is 1.92. The van der Waals surface area contributed by atoms with Crippen LogP contribution in [0.2, 0.25) is 0 Å². The minimum atomic E-state index is -0.899. The summed E-state index contributed by atoms with van der Waals surface area (Å²) >= 11 is 0. The molecule has 0 fully saturated rings. The van der Waals surface area contributed by atoms with Crippen molar-refractivity contribution in [3.05, 3.63) is 82.7 Å². The van der Waals surface area contributed by atoms with E-state index in [1.807, 2.05) is 0 Å². The van der Waals surface area contributed by atoms with Crippen molar-refractivity contribution >= 4 is 22.3 Å². The Morgan fingerprint density at radius 1 is 1.12 bits per heavy atom. The number of rotatable bonds is 6. The maximum Gasteiger partial charge on any atom is 0.265 e. The monoisotopic (exact) mass is 438 g/mol. The molecule has 2 aromatic heterocycles. The van der Waals surface area contributed by atoms with E-state index in [9.17, 15) is 9.90 Å². The summed E-state index contributed by atoms with van der Waals surface area (Å²) in [4.78, 5) is 22.7. The van der Waals surface area contributed by atoms with E-state index in [0.29, 0.717) is 16.9 Å². The van der Waals surface area contributed by atoms with Gasteiger partial charge in [-0.25, -0.2) is 13.8 Å². The van der Waals surface area contributed by atoms with Gasteiger partial charge in [-0.05, 0) is 48.9 Å². The number of hydrogen-bond donors (Lipinski definition) is 1. The molecule has 0 aliphatic rings. The number of methoxy groups -OCH3 is 1. The standard InChI is InChI=1S/C23H20F2N4O3/c1-14-11-19(32-2)21(25)22(20(14)24)28(9-10-30)16-3-4-18-17(12-16)23(31)29(13-27-18)15-5-7-26-8-6-15/h3-8,11-13,30H,9-10H2,1-2H3. The van der Waals surface area contributed by atoms with Crippen LogP contribution in [-0.2, 0) is 0 Å². The average molecular weight is 438 g/mol. The quantitative estimate of drug-likeness (QED) is 0.496. The Kier molecular flexibility index (Phi) is 5.83. The van der Waals surface area contributed by atoms with E-state index < -0.39 is 11.6 Å². The summed E-state index contributed by atoms with van der Waals surface area (Å²) in [6.45, 7) is 1.02. The van der Waals surface area contributed by atoms with E-state index in [4.69, 9.17) is 4.74 Å². The van der Waals surface area contributed by atoms with Crippen LogP contribution in [0.5, 0.6) is 5.75 Å². The molecule has 0 saturated carbocycles. The molecule has 0 atom stereocenters. The molecule has 7 nitrogen and oxygen atoms in total. The first-order valence-corrected chi connectivity index (χ1v) is 9.79. The highest BCUT2D eigenvalue weighted by molar-refractivity contribution is 5.83. The van der Waals surface area contributed by atoms with Crippen LogP contribution in [0.1, 0.15) is 5.56 Å². The lowest BCUT2D eigenvalue weighted by Crippen LogP contribution is -2.25. The van der Waals surface area contributed by atoms with E-state index in [1.165, 1.54) is 42.0 Å². The number of halogens is 2. The number of aliphatic hydroxyl groups excluding tert-OH is 1. The second kappa shape index (κ2) is 8.72. The summed E-state index contributed by atoms with van der Waals surface area (Å²) in [5.41, 5.74) is 0.795. The van der Waals surface area contributed by atoms with Crippen LogP contribution < -0.4 is 15.2 Å². The van der Waals surface area contributed by atoms with Gasteiger partial charge in [0.15, 0.2) is 17.4 Å². The molecular weight excluding hydrogens is 418 g/mol. The predicted octanol–water partition coefficient (Wildman–Crippen LogP) is 3.51. The fourth-order valence-corrected chi connectivity index (χ4v) is 3.55. The number of aliphatic hydroxyl groups is 1. The van der Waals surface area contributed by atoms with Crippen molar-refractivity contribution in [2.24, 2.45) is 0 Å². The predicted molar refractivity (Wildman–Crippen MR) is 117 cm³/mol. The zero-order valence-electron chi connectivity index (χ0n) is 17.4. The van der Waals surface area contributed by atoms with Crippen molar-refractivity contribution in [2.45, 2.75) is 6.92 Å². The normalized spacial score (nSPS) is 11.0. The second-order valence-electron chi connectivity index (χ2n) is 7.07. The first kappa shape index (κ1) is 21.4. The van der Waals surface area contributed by atoms with Crippen molar-refractivity contribution in [3.8, 4) is 11.4 Å². The first-order valence-electron chi connectivity index (χ1n) is 9.79. The van der Waals surface area contributed by atoms with Gasteiger partial charge in [0.05, 0.1) is 30.3 Å². The number of aromatic nitrogens is 3. The molecule has 0 spiro atoms. The van der Waals surface area contributed by atoms with Gasteiger partial charge in [0, 0.05) is 24.6 Å². The zero-order chi connectivity index (χ0) is 22.8. The number of ether oxygens (including phenoxy) is 1. The van der Waals surface area contributed by atoms with Crippen molar-refractivity contribution in [2.75, 3.05) is 25.2 Å². The third-order valence-corrected chi connectivity index (χ3v) is 5.13. The summed E-state index contributed by atoms with van der Waals surface area (Å²) in [7, 11) is 1.29. The lowest BCUT2D eigenvalue weighted by Gasteiger charge is -2.26. The minimum Gasteiger partial charge on any atom is -0.494 e. The Morgan fingerprint density at radius 3 is 2.56 bits per heavy atom. The fraction of sp³-hybridized carbons (Fsp3) is 0.174. The van der Waals surface area contributed by atoms with E-state index in [2.05, 4.69) is 9.97 Å². The average Bonchev–Trinajstić information content (AvgIpc) is 2.81. The lowest BCUT2D eigenvalue weighted by molar-refractivity contribution is 0.304. The molecule has 0 unspecified atom stereocenters. The van der Waals surface area contributed by atoms with Crippen molar-refractivity contribution in [1.29, 1.82) is 0 Å². The lowest BCUT2D eigenvalue weighted by atomic mass is 10.1. The summed E-state index contributed by atoms with van der Waals surface area (Å²) in [6.07, 6.45) is 4.53. The molecule has 1 N–H and O–H groups in total. The molecule has 0 saturated heterocycles. The van der Waals surface area contributed by atoms with Gasteiger partial charge >= 0.3 is 0 Å². The van der Waals surface area contributed by atoms with Gasteiger partial charge in [-0.3, -0.25) is 14.3 Å². The molecule has 0 bridgehead atoms. The van der Waals surface area contributed by atoms with Crippen molar-refractivity contribution in [3.63, 3.8) is 0 Å². The van der Waals surface area contributed by atoms with Crippen LogP contribution in [0.3, 0.4) is 0 Å². The summed E-state index contributed by atoms with van der Waals surface area (Å²) in [6, 6.07) is 9.29. The van der Waals surface area contributed by atoms with E-state index in [1.54, 1.807) is 36.7 Å². The third-order valence-electron chi connectivity index (χ3n) is 5.13. The van der Waals surface area contributed by atoms with Gasteiger partial charge in [0.25, 0.3) is 5.56 Å². The van der Waals surface area contributed by atoms with E-state index >= 15 is 8.78 Å². The highest BCUT2D eigenvalue weighted by atomic mass is 19.1. The molecule has 0 aliphatic carbocycles. The number of nitrogens with zero attached hydrogens (tertiary/aromatic N) is 4. The van der Waals surface area contributed by atoms with Gasteiger partial charge in [-0.2, -0.15) is 0 Å². The maximum absolute atomic E-state index is 15.1. The molecule has 32 heavy (non-hydrogen) atoms. The van der Waals surface area contributed by atoms with Crippen LogP contribution in [0.4, 0.5) is 20.2 Å². The Morgan fingerprint density at radius 2 is 1.88 bits per heavy atom. The van der Waals surface area contributed by atoms with Crippen LogP contribution >= 0.6 is 0 Å². The molecule has 2 heterocycles. The first-order chi connectivity index (χ1) is 15.5. The number of aryl methyl sites for hydroxylation is 1. The Hall–Kier alpha value is -3.85. The molecule has 4 rings (SSSR count). The van der Waals surface area contributed by atoms with Gasteiger partial charge in [-0.15, -0.1) is 0 Å². The van der Waals surface area contributed by atoms with Gasteiger partial charge < -0.3 is 14.7 Å². The van der Waals surface area contributed by atoms with Gasteiger partial charge in [0.1, 0.15) is 12.0 Å². The number of hydrogen-bond acceptors (Lipinski definition) is 6. The van der Waals surface area contributed by atoms with Crippen molar-refractivity contribution in [1.82, 2.24) is 14.5 Å². The Bertz CT molecular complexity index is 1340. The molecular formula is C23H20F2N4O3. The minimum absolute atomic E-state index is 0.106. The highest BCUT2D eigenvalue weighted by Gasteiger charge is 2.24. The summed E-state index contributed by atoms with van der Waals surface area (Å²) in [5, 5.41) is 9.85. The zero-order valence-corrected chi connectivity index (χ0v) is 17.4. The van der Waals surface area contributed by atoms with E-state index in [0.717, 1.165) is 0 Å². The number of benzene rings is 2. The highest BCUT2D eigenvalue weighted by Crippen LogP contribution is 2.37. The molecule has 164 valence electrons. The summed E-state index contributed by atoms with van der Waals surface area (Å²) in [5.74, 6) is -1.80. The molecule has 2 aromatic carbocycles. The molecule has 9 heteroatoms. The number of anilines is 2. The topological polar surface area (TPSA) is 80.5 Å². The Labute approximate surface area is 182 Å². The number of pyridine rings is 1. The summed E-state index contributed by atoms with van der Waals surface area (Å²) < 4.78 is 36.5. The van der Waals surface area contributed by atoms with Crippen molar-refractivity contribution < 1.29 is 18.6 Å². The molecule has 0 amide bonds. The molecule has 0 radical (unpaired) electrons. The van der Waals surface area contributed by atoms with Crippen LogP contribution in [0, 0.1) is 18.6 Å². The van der Waals surface area contributed by atoms with Gasteiger partial charge in [0.2, 0.25) is 0 Å². The largest absolute Gasteiger partial charge is 0.494 e. The van der Waals surface area contributed by atoms with Crippen LogP contribution in [-0.4, -0.2) is 39.9 Å². The van der Waals surface area contributed by atoms with Crippen LogP contribution in [0.25, 0.3) is 16.6 Å². The maximum atomic E-state index is 15.1. The molecule has 0 aliphatic heterocycles. The fourth-order valence-electron chi connectivity index (χ4n) is 3.55. The SMILES string of the molecule is COc1cc(C)c(F)c(N(CCO)c2ccc3ncn(-c4ccncc4)c(=O)c3c2)c1F. The second-order valence-corrected chi connectivity index (χ2v) is 7.07. The number of fused-ring (bicyclic) bond motifs is 1. The van der Waals surface area contributed by atoms with Crippen LogP contribution in [0.15, 0.2) is 59.9 Å².